The summed E-state index contributed by atoms with van der Waals surface area (Å²) >= 11 is 0. The van der Waals surface area contributed by atoms with E-state index in [1.54, 1.807) is 0 Å². The Balaban J connectivity index is 1.34. The number of nitrogens with zero attached hydrogens (tertiary/aromatic N) is 1. The lowest BCUT2D eigenvalue weighted by Crippen LogP contribution is -2.60. The van der Waals surface area contributed by atoms with Crippen LogP contribution in [0.5, 0.6) is 5.75 Å². The van der Waals surface area contributed by atoms with Gasteiger partial charge in [-0.3, -0.25) is 4.84 Å². The summed E-state index contributed by atoms with van der Waals surface area (Å²) in [5.74, 6) is 0.404. The van der Waals surface area contributed by atoms with Crippen molar-refractivity contribution in [3.63, 3.8) is 0 Å². The molecule has 0 radical (unpaired) electrons. The molecular weight excluding hydrogens is 358 g/mol. The third-order valence-corrected chi connectivity index (χ3v) is 5.85. The largest absolute Gasteiger partial charge is 0.491 e. The maximum atomic E-state index is 6.36. The van der Waals surface area contributed by atoms with Gasteiger partial charge in [-0.15, -0.1) is 0 Å². The molecule has 6 nitrogen and oxygen atoms in total. The highest BCUT2D eigenvalue weighted by Gasteiger charge is 2.49. The Morgan fingerprint density at radius 1 is 1.25 bits per heavy atom. The SMILES string of the molecule is CC1CCOC2(CCN(OC(C)c3ccc(OCC4CO4)cc3)C(C)(C)C2)O1. The first-order valence-corrected chi connectivity index (χ1v) is 10.5. The van der Waals surface area contributed by atoms with Crippen molar-refractivity contribution in [2.24, 2.45) is 0 Å². The number of epoxide rings is 1. The van der Waals surface area contributed by atoms with Crippen molar-refractivity contribution in [3.8, 4) is 5.75 Å². The van der Waals surface area contributed by atoms with Gasteiger partial charge in [-0.2, -0.15) is 5.06 Å². The molecule has 3 aliphatic heterocycles. The summed E-state index contributed by atoms with van der Waals surface area (Å²) in [6, 6.07) is 8.14. The third-order valence-electron chi connectivity index (χ3n) is 5.85. The monoisotopic (exact) mass is 391 g/mol. The normalized spacial score (nSPS) is 33.6. The van der Waals surface area contributed by atoms with Crippen LogP contribution in [0.25, 0.3) is 0 Å². The molecule has 4 rings (SSSR count). The number of rotatable bonds is 6. The van der Waals surface area contributed by atoms with Gasteiger partial charge in [0.05, 0.1) is 19.3 Å². The van der Waals surface area contributed by atoms with Crippen molar-refractivity contribution in [2.45, 2.75) is 76.6 Å². The zero-order valence-corrected chi connectivity index (χ0v) is 17.5. The lowest BCUT2D eigenvalue weighted by atomic mass is 9.87. The minimum Gasteiger partial charge on any atom is -0.491 e. The molecule has 0 bridgehead atoms. The molecule has 1 aromatic carbocycles. The second-order valence-corrected chi connectivity index (χ2v) is 8.90. The van der Waals surface area contributed by atoms with Gasteiger partial charge < -0.3 is 18.9 Å². The minimum absolute atomic E-state index is 0.0405. The fourth-order valence-corrected chi connectivity index (χ4v) is 4.14. The first-order valence-electron chi connectivity index (χ1n) is 10.5. The molecule has 3 heterocycles. The summed E-state index contributed by atoms with van der Waals surface area (Å²) < 4.78 is 23.2. The van der Waals surface area contributed by atoms with Crippen LogP contribution in [0.15, 0.2) is 24.3 Å². The van der Waals surface area contributed by atoms with Crippen LogP contribution in [-0.2, 0) is 19.0 Å². The lowest BCUT2D eigenvalue weighted by molar-refractivity contribution is -0.354. The van der Waals surface area contributed by atoms with Crippen LogP contribution >= 0.6 is 0 Å². The number of hydrogen-bond donors (Lipinski definition) is 0. The number of hydrogen-bond acceptors (Lipinski definition) is 6. The smallest absolute Gasteiger partial charge is 0.171 e. The first-order chi connectivity index (χ1) is 13.4. The lowest BCUT2D eigenvalue weighted by Gasteiger charge is -2.52. The molecule has 3 aliphatic rings. The standard InChI is InChI=1S/C22H33NO5/c1-16-9-12-26-22(27-16)10-11-23(21(3,4)15-22)28-17(2)18-5-7-19(8-6-18)24-13-20-14-25-20/h5-8,16-17,20H,9-15H2,1-4H3. The molecular formula is C22H33NO5. The molecule has 0 amide bonds. The summed E-state index contributed by atoms with van der Waals surface area (Å²) in [6.07, 6.45) is 3.07. The average molecular weight is 392 g/mol. The molecule has 0 aliphatic carbocycles. The highest BCUT2D eigenvalue weighted by Crippen LogP contribution is 2.41. The maximum Gasteiger partial charge on any atom is 0.171 e. The highest BCUT2D eigenvalue weighted by atomic mass is 16.7. The Labute approximate surface area is 168 Å². The van der Waals surface area contributed by atoms with E-state index in [4.69, 9.17) is 23.8 Å². The van der Waals surface area contributed by atoms with Crippen LogP contribution in [0.4, 0.5) is 0 Å². The van der Waals surface area contributed by atoms with E-state index in [-0.39, 0.29) is 23.9 Å². The Bertz CT molecular complexity index is 659. The predicted molar refractivity (Wildman–Crippen MR) is 105 cm³/mol. The van der Waals surface area contributed by atoms with E-state index in [0.29, 0.717) is 6.61 Å². The van der Waals surface area contributed by atoms with Gasteiger partial charge in [0.25, 0.3) is 0 Å². The average Bonchev–Trinajstić information content (AvgIpc) is 3.47. The Morgan fingerprint density at radius 3 is 2.64 bits per heavy atom. The molecule has 28 heavy (non-hydrogen) atoms. The predicted octanol–water partition coefficient (Wildman–Crippen LogP) is 3.85. The minimum atomic E-state index is -0.464. The summed E-state index contributed by atoms with van der Waals surface area (Å²) in [5, 5.41) is 2.10. The quantitative estimate of drug-likeness (QED) is 0.687. The van der Waals surface area contributed by atoms with Gasteiger partial charge in [-0.05, 0) is 51.8 Å². The van der Waals surface area contributed by atoms with Crippen molar-refractivity contribution in [1.82, 2.24) is 5.06 Å². The molecule has 1 spiro atoms. The maximum absolute atomic E-state index is 6.36. The van der Waals surface area contributed by atoms with E-state index < -0.39 is 5.79 Å². The van der Waals surface area contributed by atoms with Gasteiger partial charge in [0.1, 0.15) is 24.6 Å². The number of ether oxygens (including phenoxy) is 4. The highest BCUT2D eigenvalue weighted by molar-refractivity contribution is 5.28. The molecule has 3 saturated heterocycles. The van der Waals surface area contributed by atoms with Crippen molar-refractivity contribution in [1.29, 1.82) is 0 Å². The third kappa shape index (κ3) is 4.69. The molecule has 0 aromatic heterocycles. The summed E-state index contributed by atoms with van der Waals surface area (Å²) in [4.78, 5) is 6.36. The fraction of sp³-hybridized carbons (Fsp3) is 0.727. The van der Waals surface area contributed by atoms with E-state index in [2.05, 4.69) is 44.9 Å². The number of hydroxylamine groups is 2. The van der Waals surface area contributed by atoms with Gasteiger partial charge in [0.15, 0.2) is 5.79 Å². The summed E-state index contributed by atoms with van der Waals surface area (Å²) in [7, 11) is 0. The van der Waals surface area contributed by atoms with E-state index in [0.717, 1.165) is 50.3 Å². The number of benzene rings is 1. The Morgan fingerprint density at radius 2 is 2.00 bits per heavy atom. The summed E-state index contributed by atoms with van der Waals surface area (Å²) in [6.45, 7) is 11.6. The molecule has 6 heteroatoms. The molecule has 0 saturated carbocycles. The molecule has 1 aromatic rings. The van der Waals surface area contributed by atoms with Gasteiger partial charge in [-0.25, -0.2) is 0 Å². The number of piperidine rings is 1. The van der Waals surface area contributed by atoms with Gasteiger partial charge >= 0.3 is 0 Å². The van der Waals surface area contributed by atoms with Crippen LogP contribution in [0, 0.1) is 0 Å². The Kier molecular flexibility index (Phi) is 5.69. The van der Waals surface area contributed by atoms with E-state index in [1.807, 2.05) is 12.1 Å². The molecule has 4 atom stereocenters. The topological polar surface area (TPSA) is 52.7 Å². The van der Waals surface area contributed by atoms with Crippen LogP contribution < -0.4 is 4.74 Å². The van der Waals surface area contributed by atoms with Crippen molar-refractivity contribution in [3.05, 3.63) is 29.8 Å². The first kappa shape index (κ1) is 20.1. The van der Waals surface area contributed by atoms with Crippen LogP contribution in [0.1, 0.15) is 58.6 Å². The van der Waals surface area contributed by atoms with Gasteiger partial charge in [0.2, 0.25) is 0 Å². The Hall–Kier alpha value is -1.18. The summed E-state index contributed by atoms with van der Waals surface area (Å²) in [5.41, 5.74) is 0.960. The fourth-order valence-electron chi connectivity index (χ4n) is 4.14. The van der Waals surface area contributed by atoms with Gasteiger partial charge in [0, 0.05) is 24.9 Å². The van der Waals surface area contributed by atoms with Crippen LogP contribution in [0.3, 0.4) is 0 Å². The van der Waals surface area contributed by atoms with Gasteiger partial charge in [-0.1, -0.05) is 12.1 Å². The zero-order valence-electron chi connectivity index (χ0n) is 17.5. The van der Waals surface area contributed by atoms with E-state index >= 15 is 0 Å². The zero-order chi connectivity index (χ0) is 19.8. The molecule has 0 N–H and O–H groups in total. The van der Waals surface area contributed by atoms with Crippen LogP contribution in [0.2, 0.25) is 0 Å². The second-order valence-electron chi connectivity index (χ2n) is 8.90. The van der Waals surface area contributed by atoms with Crippen molar-refractivity contribution in [2.75, 3.05) is 26.4 Å². The molecule has 156 valence electrons. The van der Waals surface area contributed by atoms with E-state index in [9.17, 15) is 0 Å². The van der Waals surface area contributed by atoms with E-state index in [1.165, 1.54) is 0 Å². The second kappa shape index (κ2) is 7.92. The van der Waals surface area contributed by atoms with Crippen molar-refractivity contribution >= 4 is 0 Å². The molecule has 3 fully saturated rings. The van der Waals surface area contributed by atoms with Crippen molar-refractivity contribution < 1.29 is 23.8 Å². The molecule has 4 unspecified atom stereocenters. The van der Waals surface area contributed by atoms with Crippen LogP contribution in [-0.4, -0.2) is 55.0 Å².